The lowest BCUT2D eigenvalue weighted by Gasteiger charge is -2.09. The van der Waals surface area contributed by atoms with Crippen molar-refractivity contribution in [2.45, 2.75) is 13.2 Å². The number of rotatable bonds is 3. The number of benzene rings is 1. The molecule has 2 heterocycles. The topological polar surface area (TPSA) is 69.4 Å². The molecule has 0 saturated carbocycles. The van der Waals surface area contributed by atoms with Crippen LogP contribution in [-0.4, -0.2) is 23.3 Å². The van der Waals surface area contributed by atoms with Crippen molar-refractivity contribution < 1.29 is 14.0 Å². The molecule has 0 aliphatic carbocycles. The number of ether oxygens (including phenoxy) is 2. The first kappa shape index (κ1) is 11.0. The summed E-state index contributed by atoms with van der Waals surface area (Å²) in [7, 11) is 0. The zero-order valence-electron chi connectivity index (χ0n) is 9.76. The molecule has 1 N–H and O–H groups in total. The summed E-state index contributed by atoms with van der Waals surface area (Å²) < 4.78 is 16.1. The average Bonchev–Trinajstić information content (AvgIpc) is 2.80. The quantitative estimate of drug-likeness (QED) is 0.876. The first-order valence-electron chi connectivity index (χ1n) is 5.76. The molecule has 0 radical (unpaired) electrons. The van der Waals surface area contributed by atoms with Crippen LogP contribution in [0.1, 0.15) is 11.5 Å². The second kappa shape index (κ2) is 5.05. The molecule has 6 nitrogen and oxygen atoms in total. The molecule has 1 aliphatic rings. The average molecular weight is 247 g/mol. The Morgan fingerprint density at radius 3 is 3.28 bits per heavy atom. The molecule has 1 aromatic heterocycles. The lowest BCUT2D eigenvalue weighted by atomic mass is 10.2. The molecule has 0 saturated heterocycles. The molecular weight excluding hydrogens is 234 g/mol. The molecule has 0 unspecified atom stereocenters. The lowest BCUT2D eigenvalue weighted by Crippen LogP contribution is -2.16. The summed E-state index contributed by atoms with van der Waals surface area (Å²) >= 11 is 0. The Labute approximate surface area is 104 Å². The molecule has 0 amide bonds. The third kappa shape index (κ3) is 2.43. The maximum Gasteiger partial charge on any atom is 0.264 e. The van der Waals surface area contributed by atoms with Gasteiger partial charge in [-0.05, 0) is 6.07 Å². The molecular formula is C12H13N3O3. The number of nitrogens with zero attached hydrogens (tertiary/aromatic N) is 2. The van der Waals surface area contributed by atoms with E-state index >= 15 is 0 Å². The van der Waals surface area contributed by atoms with E-state index in [4.69, 9.17) is 14.0 Å². The maximum absolute atomic E-state index is 5.63. The van der Waals surface area contributed by atoms with Gasteiger partial charge < -0.3 is 19.3 Å². The Bertz CT molecular complexity index is 513. The first-order chi connectivity index (χ1) is 8.92. The van der Waals surface area contributed by atoms with E-state index in [1.54, 1.807) is 0 Å². The highest BCUT2D eigenvalue weighted by Crippen LogP contribution is 2.26. The van der Waals surface area contributed by atoms with Crippen LogP contribution in [0.5, 0.6) is 11.5 Å². The van der Waals surface area contributed by atoms with E-state index in [0.29, 0.717) is 12.5 Å². The normalized spacial score (nSPS) is 14.4. The van der Waals surface area contributed by atoms with Crippen LogP contribution in [0.2, 0.25) is 0 Å². The van der Waals surface area contributed by atoms with Crippen molar-refractivity contribution in [2.24, 2.45) is 0 Å². The van der Waals surface area contributed by atoms with E-state index in [9.17, 15) is 0 Å². The van der Waals surface area contributed by atoms with Gasteiger partial charge in [0.2, 0.25) is 0 Å². The van der Waals surface area contributed by atoms with E-state index in [-0.39, 0.29) is 6.61 Å². The van der Waals surface area contributed by atoms with E-state index < -0.39 is 0 Å². The van der Waals surface area contributed by atoms with Crippen molar-refractivity contribution >= 4 is 0 Å². The zero-order valence-corrected chi connectivity index (χ0v) is 9.76. The molecule has 18 heavy (non-hydrogen) atoms. The van der Waals surface area contributed by atoms with Gasteiger partial charge in [0.05, 0.1) is 0 Å². The molecule has 94 valence electrons. The molecule has 0 bridgehead atoms. The van der Waals surface area contributed by atoms with Crippen LogP contribution >= 0.6 is 0 Å². The van der Waals surface area contributed by atoms with Crippen molar-refractivity contribution in [1.29, 1.82) is 0 Å². The number of fused-ring (bicyclic) bond motifs is 1. The third-order valence-electron chi connectivity index (χ3n) is 2.66. The highest BCUT2D eigenvalue weighted by Gasteiger charge is 2.10. The molecule has 0 fully saturated rings. The SMILES string of the molecule is c1noc(COc2ccc3c(c2)OCCNC3)n1. The smallest absolute Gasteiger partial charge is 0.264 e. The summed E-state index contributed by atoms with van der Waals surface area (Å²) in [5.41, 5.74) is 1.14. The fourth-order valence-electron chi connectivity index (χ4n) is 1.77. The van der Waals surface area contributed by atoms with E-state index in [2.05, 4.69) is 15.5 Å². The standard InChI is InChI=1S/C12H13N3O3/c1-2-10(17-7-12-14-8-15-18-12)5-11-9(1)6-13-3-4-16-11/h1-2,5,8,13H,3-4,6-7H2. The molecule has 2 aromatic rings. The van der Waals surface area contributed by atoms with Gasteiger partial charge in [0.15, 0.2) is 12.9 Å². The largest absolute Gasteiger partial charge is 0.492 e. The van der Waals surface area contributed by atoms with Crippen molar-refractivity contribution in [3.63, 3.8) is 0 Å². The van der Waals surface area contributed by atoms with Crippen molar-refractivity contribution in [1.82, 2.24) is 15.5 Å². The highest BCUT2D eigenvalue weighted by molar-refractivity contribution is 5.41. The summed E-state index contributed by atoms with van der Waals surface area (Å²) in [5, 5.41) is 6.80. The van der Waals surface area contributed by atoms with Crippen LogP contribution in [0, 0.1) is 0 Å². The van der Waals surface area contributed by atoms with E-state index in [1.165, 1.54) is 6.33 Å². The molecule has 3 rings (SSSR count). The van der Waals surface area contributed by atoms with Gasteiger partial charge in [-0.25, -0.2) is 0 Å². The van der Waals surface area contributed by atoms with Crippen LogP contribution in [0.15, 0.2) is 29.0 Å². The monoisotopic (exact) mass is 247 g/mol. The third-order valence-corrected chi connectivity index (χ3v) is 2.66. The second-order valence-corrected chi connectivity index (χ2v) is 3.92. The minimum absolute atomic E-state index is 0.261. The summed E-state index contributed by atoms with van der Waals surface area (Å²) in [6.07, 6.45) is 1.35. The van der Waals surface area contributed by atoms with Crippen LogP contribution in [0.3, 0.4) is 0 Å². The summed E-state index contributed by atoms with van der Waals surface area (Å²) in [6.45, 7) is 2.60. The summed E-state index contributed by atoms with van der Waals surface area (Å²) in [6, 6.07) is 5.79. The van der Waals surface area contributed by atoms with Crippen LogP contribution < -0.4 is 14.8 Å². The molecule has 0 spiro atoms. The predicted octanol–water partition coefficient (Wildman–Crippen LogP) is 1.13. The molecule has 1 aromatic carbocycles. The van der Waals surface area contributed by atoms with Gasteiger partial charge in [-0.15, -0.1) is 0 Å². The first-order valence-corrected chi connectivity index (χ1v) is 5.76. The van der Waals surface area contributed by atoms with Crippen LogP contribution in [-0.2, 0) is 13.2 Å². The van der Waals surface area contributed by atoms with Crippen molar-refractivity contribution in [3.05, 3.63) is 36.0 Å². The van der Waals surface area contributed by atoms with E-state index in [0.717, 1.165) is 30.2 Å². The van der Waals surface area contributed by atoms with Gasteiger partial charge in [-0.2, -0.15) is 4.98 Å². The lowest BCUT2D eigenvalue weighted by molar-refractivity contribution is 0.241. The van der Waals surface area contributed by atoms with Crippen molar-refractivity contribution in [2.75, 3.05) is 13.2 Å². The summed E-state index contributed by atoms with van der Waals surface area (Å²) in [5.74, 6) is 2.05. The van der Waals surface area contributed by atoms with Gasteiger partial charge >= 0.3 is 0 Å². The van der Waals surface area contributed by atoms with Gasteiger partial charge in [-0.1, -0.05) is 11.2 Å². The summed E-state index contributed by atoms with van der Waals surface area (Å²) in [4.78, 5) is 3.89. The minimum atomic E-state index is 0.261. The minimum Gasteiger partial charge on any atom is -0.492 e. The van der Waals surface area contributed by atoms with Crippen molar-refractivity contribution in [3.8, 4) is 11.5 Å². The Hall–Kier alpha value is -2.08. The fraction of sp³-hybridized carbons (Fsp3) is 0.333. The highest BCUT2D eigenvalue weighted by atomic mass is 16.5. The second-order valence-electron chi connectivity index (χ2n) is 3.92. The van der Waals surface area contributed by atoms with E-state index in [1.807, 2.05) is 18.2 Å². The Kier molecular flexibility index (Phi) is 3.10. The number of nitrogens with one attached hydrogen (secondary N) is 1. The number of hydrogen-bond donors (Lipinski definition) is 1. The van der Waals surface area contributed by atoms with Crippen LogP contribution in [0.4, 0.5) is 0 Å². The molecule has 0 atom stereocenters. The zero-order chi connectivity index (χ0) is 12.2. The van der Waals surface area contributed by atoms with Gasteiger partial charge in [-0.3, -0.25) is 0 Å². The number of aromatic nitrogens is 2. The number of hydrogen-bond acceptors (Lipinski definition) is 6. The fourth-order valence-corrected chi connectivity index (χ4v) is 1.77. The predicted molar refractivity (Wildman–Crippen MR) is 62.3 cm³/mol. The van der Waals surface area contributed by atoms with Gasteiger partial charge in [0.25, 0.3) is 5.89 Å². The Morgan fingerprint density at radius 1 is 1.39 bits per heavy atom. The molecule has 1 aliphatic heterocycles. The van der Waals surface area contributed by atoms with Gasteiger partial charge in [0, 0.05) is 24.7 Å². The molecule has 6 heteroatoms. The Balaban J connectivity index is 1.71. The maximum atomic E-state index is 5.63. The Morgan fingerprint density at radius 2 is 2.39 bits per heavy atom. The van der Waals surface area contributed by atoms with Gasteiger partial charge in [0.1, 0.15) is 18.1 Å². The van der Waals surface area contributed by atoms with Crippen LogP contribution in [0.25, 0.3) is 0 Å².